The standard InChI is InChI=1S/C76H42N6S2/c1-3-20-44(21-4-1)68-56-39-35-43-19-7-8-24-48(43)70(56)80-76(78-68)82-60-31-15-11-27-52(60)64-49-38-36-46(41-57(49)65-54-29-13-17-33-62(54)84-74(65)72(64)82)47-37-40-59-58(42-47)69(45-22-5-2-6-23-45)79-75(77-59)81-61-32-16-12-28-53(61)66-67-55-30-14-18-34-63(55)83-73(67)51-26-10-9-25-50(51)71(66)81/h1-42H. The Hall–Kier alpha value is -10.6. The van der Waals surface area contributed by atoms with Gasteiger partial charge in [-0.05, 0) is 75.8 Å². The minimum absolute atomic E-state index is 0.642. The Labute approximate surface area is 487 Å². The molecule has 19 aromatic rings. The molecule has 0 spiro atoms. The number of benzene rings is 13. The highest BCUT2D eigenvalue weighted by Crippen LogP contribution is 2.51. The van der Waals surface area contributed by atoms with Gasteiger partial charge in [-0.25, -0.2) is 19.9 Å². The van der Waals surface area contributed by atoms with Crippen molar-refractivity contribution < 1.29 is 0 Å². The van der Waals surface area contributed by atoms with Gasteiger partial charge in [0.05, 0.1) is 49.2 Å². The fourth-order valence-electron chi connectivity index (χ4n) is 13.9. The average Bonchev–Trinajstić information content (AvgIpc) is 2.03. The third-order valence-corrected chi connectivity index (χ3v) is 19.9. The highest BCUT2D eigenvalue weighted by molar-refractivity contribution is 7.27. The van der Waals surface area contributed by atoms with Crippen LogP contribution >= 0.6 is 22.7 Å². The molecular formula is C76H42N6S2. The van der Waals surface area contributed by atoms with Gasteiger partial charge in [-0.1, -0.05) is 206 Å². The quantitative estimate of drug-likeness (QED) is 0.161. The lowest BCUT2D eigenvalue weighted by Gasteiger charge is -2.15. The molecule has 13 aromatic carbocycles. The molecule has 19 rings (SSSR count). The van der Waals surface area contributed by atoms with E-state index in [9.17, 15) is 0 Å². The summed E-state index contributed by atoms with van der Waals surface area (Å²) in [6.45, 7) is 0. The molecule has 6 nitrogen and oxygen atoms in total. The summed E-state index contributed by atoms with van der Waals surface area (Å²) in [6.07, 6.45) is 0. The van der Waals surface area contributed by atoms with Crippen molar-refractivity contribution in [3.05, 3.63) is 255 Å². The predicted octanol–water partition coefficient (Wildman–Crippen LogP) is 21.0. The van der Waals surface area contributed by atoms with E-state index < -0.39 is 0 Å². The zero-order valence-corrected chi connectivity index (χ0v) is 46.4. The summed E-state index contributed by atoms with van der Waals surface area (Å²) in [7, 11) is 0. The Balaban J connectivity index is 0.857. The first-order chi connectivity index (χ1) is 41.7. The van der Waals surface area contributed by atoms with Crippen molar-refractivity contribution in [1.29, 1.82) is 0 Å². The molecule has 0 unspecified atom stereocenters. The van der Waals surface area contributed by atoms with Crippen molar-refractivity contribution >= 4 is 161 Å². The number of rotatable bonds is 5. The van der Waals surface area contributed by atoms with Crippen LogP contribution in [0.3, 0.4) is 0 Å². The smallest absolute Gasteiger partial charge is 0.235 e. The molecular weight excluding hydrogens is 1060 g/mol. The lowest BCUT2D eigenvalue weighted by molar-refractivity contribution is 1.02. The molecule has 6 heterocycles. The molecule has 84 heavy (non-hydrogen) atoms. The molecule has 0 saturated carbocycles. The molecule has 0 fully saturated rings. The zero-order valence-electron chi connectivity index (χ0n) is 44.7. The molecule has 0 bridgehead atoms. The number of hydrogen-bond acceptors (Lipinski definition) is 6. The summed E-state index contributed by atoms with van der Waals surface area (Å²) in [5.41, 5.74) is 12.3. The van der Waals surface area contributed by atoms with Crippen molar-refractivity contribution in [1.82, 2.24) is 29.1 Å². The van der Waals surface area contributed by atoms with E-state index in [1.54, 1.807) is 0 Å². The number of nitrogens with zero attached hydrogens (tertiary/aromatic N) is 6. The Bertz CT molecular complexity index is 6050. The van der Waals surface area contributed by atoms with Gasteiger partial charge in [0.25, 0.3) is 0 Å². The minimum Gasteiger partial charge on any atom is -0.277 e. The summed E-state index contributed by atoms with van der Waals surface area (Å²) in [5, 5.41) is 18.8. The number of fused-ring (bicyclic) bond motifs is 24. The van der Waals surface area contributed by atoms with Gasteiger partial charge in [0, 0.05) is 95.2 Å². The third kappa shape index (κ3) is 6.43. The van der Waals surface area contributed by atoms with Gasteiger partial charge in [-0.15, -0.1) is 22.7 Å². The molecule has 0 aliphatic heterocycles. The van der Waals surface area contributed by atoms with Gasteiger partial charge in [0.1, 0.15) is 0 Å². The SMILES string of the molecule is c1ccc(-c2nc(-n3c4ccccc4c4c5c6ccccc6sc5c5ccccc5c43)nc3ccc(-c4ccc5c(c4)c4c6ccccc6sc4c4c5c5ccccc5n4-c4nc(-c5ccccc5)c5ccc6ccccc6c5n4)cc23)cc1. The van der Waals surface area contributed by atoms with Crippen molar-refractivity contribution in [3.8, 4) is 45.5 Å². The summed E-state index contributed by atoms with van der Waals surface area (Å²) >= 11 is 3.73. The van der Waals surface area contributed by atoms with E-state index in [1.165, 1.54) is 78.0 Å². The van der Waals surface area contributed by atoms with E-state index >= 15 is 0 Å². The van der Waals surface area contributed by atoms with Crippen LogP contribution in [0.1, 0.15) is 0 Å². The van der Waals surface area contributed by atoms with Crippen LogP contribution in [0.15, 0.2) is 255 Å². The first-order valence-corrected chi connectivity index (χ1v) is 30.0. The van der Waals surface area contributed by atoms with E-state index in [4.69, 9.17) is 19.9 Å². The van der Waals surface area contributed by atoms with Crippen molar-refractivity contribution in [3.63, 3.8) is 0 Å². The van der Waals surface area contributed by atoms with E-state index in [-0.39, 0.29) is 0 Å². The van der Waals surface area contributed by atoms with Crippen LogP contribution in [0.4, 0.5) is 0 Å². The second kappa shape index (κ2) is 17.4. The number of para-hydroxylation sites is 2. The summed E-state index contributed by atoms with van der Waals surface area (Å²) in [4.78, 5) is 22.5. The monoisotopic (exact) mass is 1100 g/mol. The number of hydrogen-bond donors (Lipinski definition) is 0. The Morgan fingerprint density at radius 1 is 0.274 bits per heavy atom. The number of thiophene rings is 2. The Morgan fingerprint density at radius 3 is 1.50 bits per heavy atom. The minimum atomic E-state index is 0.642. The van der Waals surface area contributed by atoms with Gasteiger partial charge < -0.3 is 0 Å². The highest BCUT2D eigenvalue weighted by atomic mass is 32.1. The maximum absolute atomic E-state index is 5.69. The molecule has 0 radical (unpaired) electrons. The maximum atomic E-state index is 5.69. The lowest BCUT2D eigenvalue weighted by Crippen LogP contribution is -2.04. The molecule has 0 saturated heterocycles. The molecule has 0 amide bonds. The molecule has 6 aromatic heterocycles. The van der Waals surface area contributed by atoms with Crippen LogP contribution in [-0.2, 0) is 0 Å². The van der Waals surface area contributed by atoms with Gasteiger partial charge >= 0.3 is 0 Å². The summed E-state index contributed by atoms with van der Waals surface area (Å²) in [5.74, 6) is 1.29. The van der Waals surface area contributed by atoms with E-state index in [1.807, 2.05) is 22.7 Å². The van der Waals surface area contributed by atoms with Crippen LogP contribution in [0.5, 0.6) is 0 Å². The number of aromatic nitrogens is 6. The van der Waals surface area contributed by atoms with Crippen LogP contribution in [0.25, 0.3) is 184 Å². The maximum Gasteiger partial charge on any atom is 0.235 e. The zero-order chi connectivity index (χ0) is 54.7. The Morgan fingerprint density at radius 2 is 0.786 bits per heavy atom. The molecule has 0 atom stereocenters. The molecule has 0 N–H and O–H groups in total. The Kier molecular flexibility index (Phi) is 9.55. The molecule has 388 valence electrons. The molecule has 0 aliphatic rings. The molecule has 8 heteroatoms. The topological polar surface area (TPSA) is 61.4 Å². The van der Waals surface area contributed by atoms with Crippen LogP contribution < -0.4 is 0 Å². The molecule has 0 aliphatic carbocycles. The van der Waals surface area contributed by atoms with Crippen molar-refractivity contribution in [2.45, 2.75) is 0 Å². The van der Waals surface area contributed by atoms with Gasteiger partial charge in [0.2, 0.25) is 11.9 Å². The lowest BCUT2D eigenvalue weighted by atomic mass is 9.94. The van der Waals surface area contributed by atoms with Gasteiger partial charge in [-0.3, -0.25) is 9.13 Å². The van der Waals surface area contributed by atoms with E-state index in [0.29, 0.717) is 11.9 Å². The van der Waals surface area contributed by atoms with Crippen LogP contribution in [-0.4, -0.2) is 29.1 Å². The van der Waals surface area contributed by atoms with Crippen molar-refractivity contribution in [2.75, 3.05) is 0 Å². The van der Waals surface area contributed by atoms with Crippen LogP contribution in [0.2, 0.25) is 0 Å². The highest BCUT2D eigenvalue weighted by Gasteiger charge is 2.27. The third-order valence-electron chi connectivity index (χ3n) is 17.5. The fraction of sp³-hybridized carbons (Fsp3) is 0. The second-order valence-electron chi connectivity index (χ2n) is 22.0. The van der Waals surface area contributed by atoms with E-state index in [2.05, 4.69) is 264 Å². The summed E-state index contributed by atoms with van der Waals surface area (Å²) in [6, 6.07) is 92.1. The van der Waals surface area contributed by atoms with Crippen molar-refractivity contribution in [2.24, 2.45) is 0 Å². The van der Waals surface area contributed by atoms with Crippen LogP contribution in [0, 0.1) is 0 Å². The first kappa shape index (κ1) is 46.0. The first-order valence-electron chi connectivity index (χ1n) is 28.4. The summed E-state index contributed by atoms with van der Waals surface area (Å²) < 4.78 is 9.69. The average molecular weight is 1100 g/mol. The largest absolute Gasteiger partial charge is 0.277 e. The normalized spacial score (nSPS) is 12.3. The predicted molar refractivity (Wildman–Crippen MR) is 356 cm³/mol. The fourth-order valence-corrected chi connectivity index (χ4v) is 16.4. The van der Waals surface area contributed by atoms with E-state index in [0.717, 1.165) is 93.7 Å². The van der Waals surface area contributed by atoms with Gasteiger partial charge in [0.15, 0.2) is 0 Å². The second-order valence-corrected chi connectivity index (χ2v) is 24.1. The van der Waals surface area contributed by atoms with Gasteiger partial charge in [-0.2, -0.15) is 0 Å².